The molecule has 0 bridgehead atoms. The molecule has 2 aliphatic rings. The van der Waals surface area contributed by atoms with Crippen molar-refractivity contribution in [2.24, 2.45) is 0 Å². The fourth-order valence-corrected chi connectivity index (χ4v) is 4.48. The van der Waals surface area contributed by atoms with E-state index in [1.165, 1.54) is 32.1 Å². The Hall–Kier alpha value is -2.62. The van der Waals surface area contributed by atoms with E-state index in [2.05, 4.69) is 5.32 Å². The van der Waals surface area contributed by atoms with Crippen molar-refractivity contribution in [2.75, 3.05) is 0 Å². The van der Waals surface area contributed by atoms with Crippen LogP contribution in [0.25, 0.3) is 0 Å². The molecule has 1 aliphatic carbocycles. The zero-order valence-electron chi connectivity index (χ0n) is 16.3. The monoisotopic (exact) mass is 376 g/mol. The molecule has 1 saturated carbocycles. The third-order valence-corrected chi connectivity index (χ3v) is 5.95. The van der Waals surface area contributed by atoms with E-state index in [4.69, 9.17) is 0 Å². The van der Waals surface area contributed by atoms with Crippen LogP contribution < -0.4 is 5.32 Å². The molecular weight excluding hydrogens is 348 g/mol. The second-order valence-corrected chi connectivity index (χ2v) is 7.96. The maximum Gasteiger partial charge on any atom is 0.255 e. The van der Waals surface area contributed by atoms with Gasteiger partial charge in [0.2, 0.25) is 5.91 Å². The number of nitrogens with zero attached hydrogens (tertiary/aromatic N) is 1. The molecule has 4 rings (SSSR count). The summed E-state index contributed by atoms with van der Waals surface area (Å²) >= 11 is 0. The number of benzene rings is 2. The maximum atomic E-state index is 13.3. The molecule has 1 N–H and O–H groups in total. The van der Waals surface area contributed by atoms with E-state index in [-0.39, 0.29) is 17.9 Å². The number of hydrogen-bond acceptors (Lipinski definition) is 2. The lowest BCUT2D eigenvalue weighted by atomic mass is 9.96. The Morgan fingerprint density at radius 2 is 1.54 bits per heavy atom. The average molecular weight is 377 g/mol. The lowest BCUT2D eigenvalue weighted by Gasteiger charge is -2.28. The van der Waals surface area contributed by atoms with Gasteiger partial charge in [0, 0.05) is 18.2 Å². The molecule has 1 atom stereocenters. The van der Waals surface area contributed by atoms with Crippen molar-refractivity contribution in [1.29, 1.82) is 0 Å². The molecule has 0 saturated heterocycles. The van der Waals surface area contributed by atoms with Crippen LogP contribution in [-0.2, 0) is 11.3 Å². The minimum absolute atomic E-state index is 0.0418. The third-order valence-electron chi connectivity index (χ3n) is 5.95. The number of hydrogen-bond donors (Lipinski definition) is 1. The van der Waals surface area contributed by atoms with E-state index in [1.54, 1.807) is 4.90 Å². The molecule has 0 radical (unpaired) electrons. The van der Waals surface area contributed by atoms with E-state index < -0.39 is 6.04 Å². The van der Waals surface area contributed by atoms with Crippen LogP contribution in [0.4, 0.5) is 0 Å². The number of carbonyl (C=O) groups is 2. The van der Waals surface area contributed by atoms with Crippen LogP contribution in [0.3, 0.4) is 0 Å². The van der Waals surface area contributed by atoms with Crippen LogP contribution in [0.1, 0.15) is 72.5 Å². The maximum absolute atomic E-state index is 13.3. The van der Waals surface area contributed by atoms with Crippen molar-refractivity contribution < 1.29 is 9.59 Å². The first-order valence-electron chi connectivity index (χ1n) is 10.5. The number of fused-ring (bicyclic) bond motifs is 1. The van der Waals surface area contributed by atoms with Gasteiger partial charge >= 0.3 is 0 Å². The Bertz CT molecular complexity index is 826. The van der Waals surface area contributed by atoms with Gasteiger partial charge in [-0.2, -0.15) is 0 Å². The van der Waals surface area contributed by atoms with Gasteiger partial charge in [0.05, 0.1) is 0 Å². The molecule has 1 unspecified atom stereocenters. The van der Waals surface area contributed by atoms with Gasteiger partial charge in [-0.15, -0.1) is 0 Å². The van der Waals surface area contributed by atoms with Crippen LogP contribution in [-0.4, -0.2) is 22.8 Å². The normalized spacial score (nSPS) is 20.4. The lowest BCUT2D eigenvalue weighted by molar-refractivity contribution is -0.126. The van der Waals surface area contributed by atoms with Gasteiger partial charge in [-0.3, -0.25) is 9.59 Å². The van der Waals surface area contributed by atoms with Gasteiger partial charge in [0.25, 0.3) is 5.91 Å². The van der Waals surface area contributed by atoms with Crippen LogP contribution in [0.15, 0.2) is 54.6 Å². The molecule has 2 amide bonds. The highest BCUT2D eigenvalue weighted by molar-refractivity contribution is 6.04. The molecule has 146 valence electrons. The number of amides is 2. The molecule has 1 fully saturated rings. The van der Waals surface area contributed by atoms with E-state index in [0.29, 0.717) is 12.1 Å². The standard InChI is InChI=1S/C24H28N2O2/c27-23(25-19-13-7-2-1-3-8-14-19)22-20-15-9-10-16-21(20)24(28)26(22)17-18-11-5-4-6-12-18/h4-6,9-12,15-16,19,22H,1-3,7-8,13-14,17H2,(H,25,27). The summed E-state index contributed by atoms with van der Waals surface area (Å²) in [5.41, 5.74) is 2.51. The van der Waals surface area contributed by atoms with Crippen molar-refractivity contribution in [1.82, 2.24) is 10.2 Å². The van der Waals surface area contributed by atoms with E-state index in [9.17, 15) is 9.59 Å². The summed E-state index contributed by atoms with van der Waals surface area (Å²) in [4.78, 5) is 28.1. The predicted octanol–water partition coefficient (Wildman–Crippen LogP) is 4.61. The number of rotatable bonds is 4. The summed E-state index contributed by atoms with van der Waals surface area (Å²) in [7, 11) is 0. The van der Waals surface area contributed by atoms with Gasteiger partial charge in [0.1, 0.15) is 6.04 Å². The molecule has 0 aromatic heterocycles. The molecule has 4 nitrogen and oxygen atoms in total. The molecule has 28 heavy (non-hydrogen) atoms. The van der Waals surface area contributed by atoms with Crippen molar-refractivity contribution in [3.05, 3.63) is 71.3 Å². The molecular formula is C24H28N2O2. The van der Waals surface area contributed by atoms with Crippen LogP contribution in [0.2, 0.25) is 0 Å². The number of carbonyl (C=O) groups excluding carboxylic acids is 2. The molecule has 1 heterocycles. The SMILES string of the molecule is O=C(NC1CCCCCCC1)C1c2ccccc2C(=O)N1Cc1ccccc1. The van der Waals surface area contributed by atoms with E-state index in [0.717, 1.165) is 24.0 Å². The Morgan fingerprint density at radius 1 is 0.893 bits per heavy atom. The molecule has 2 aromatic carbocycles. The summed E-state index contributed by atoms with van der Waals surface area (Å²) in [6, 6.07) is 17.1. The zero-order chi connectivity index (χ0) is 19.3. The number of nitrogens with one attached hydrogen (secondary N) is 1. The highest BCUT2D eigenvalue weighted by atomic mass is 16.2. The van der Waals surface area contributed by atoms with Crippen molar-refractivity contribution >= 4 is 11.8 Å². The Balaban J connectivity index is 1.57. The topological polar surface area (TPSA) is 49.4 Å². The van der Waals surface area contributed by atoms with Gasteiger partial charge in [-0.05, 0) is 30.0 Å². The predicted molar refractivity (Wildman–Crippen MR) is 110 cm³/mol. The molecule has 2 aromatic rings. The van der Waals surface area contributed by atoms with Crippen LogP contribution in [0.5, 0.6) is 0 Å². The van der Waals surface area contributed by atoms with Crippen molar-refractivity contribution in [2.45, 2.75) is 63.6 Å². The smallest absolute Gasteiger partial charge is 0.255 e. The fraction of sp³-hybridized carbons (Fsp3) is 0.417. The molecule has 4 heteroatoms. The van der Waals surface area contributed by atoms with E-state index in [1.807, 2.05) is 54.6 Å². The summed E-state index contributed by atoms with van der Waals surface area (Å²) in [5.74, 6) is -0.0999. The van der Waals surface area contributed by atoms with E-state index >= 15 is 0 Å². The Morgan fingerprint density at radius 3 is 2.29 bits per heavy atom. The first-order valence-corrected chi connectivity index (χ1v) is 10.5. The Kier molecular flexibility index (Phi) is 5.75. The molecule has 0 spiro atoms. The van der Waals surface area contributed by atoms with Gasteiger partial charge in [-0.25, -0.2) is 0 Å². The second-order valence-electron chi connectivity index (χ2n) is 7.96. The lowest BCUT2D eigenvalue weighted by Crippen LogP contribution is -2.43. The minimum atomic E-state index is -0.547. The van der Waals surface area contributed by atoms with Gasteiger partial charge in [-0.1, -0.05) is 80.6 Å². The minimum Gasteiger partial charge on any atom is -0.351 e. The summed E-state index contributed by atoms with van der Waals surface area (Å²) < 4.78 is 0. The summed E-state index contributed by atoms with van der Waals surface area (Å²) in [6.07, 6.45) is 8.20. The summed E-state index contributed by atoms with van der Waals surface area (Å²) in [6.45, 7) is 0.442. The fourth-order valence-electron chi connectivity index (χ4n) is 4.48. The first kappa shape index (κ1) is 18.7. The highest BCUT2D eigenvalue weighted by Gasteiger charge is 2.41. The van der Waals surface area contributed by atoms with Crippen molar-refractivity contribution in [3.63, 3.8) is 0 Å². The highest BCUT2D eigenvalue weighted by Crippen LogP contribution is 2.35. The van der Waals surface area contributed by atoms with Gasteiger partial charge < -0.3 is 10.2 Å². The quantitative estimate of drug-likeness (QED) is 0.847. The van der Waals surface area contributed by atoms with Crippen molar-refractivity contribution in [3.8, 4) is 0 Å². The van der Waals surface area contributed by atoms with Crippen LogP contribution >= 0.6 is 0 Å². The molecule has 1 aliphatic heterocycles. The third kappa shape index (κ3) is 3.96. The zero-order valence-corrected chi connectivity index (χ0v) is 16.3. The van der Waals surface area contributed by atoms with Crippen LogP contribution in [0, 0.1) is 0 Å². The first-order chi connectivity index (χ1) is 13.7. The second kappa shape index (κ2) is 8.59. The Labute approximate surface area is 166 Å². The largest absolute Gasteiger partial charge is 0.351 e. The summed E-state index contributed by atoms with van der Waals surface area (Å²) in [5, 5.41) is 3.27. The average Bonchev–Trinajstić information content (AvgIpc) is 2.97. The van der Waals surface area contributed by atoms with Gasteiger partial charge in [0.15, 0.2) is 0 Å².